The van der Waals surface area contributed by atoms with Crippen LogP contribution in [0.15, 0.2) is 83.7 Å². The van der Waals surface area contributed by atoms with Gasteiger partial charge in [0.25, 0.3) is 5.56 Å². The Morgan fingerprint density at radius 2 is 1.68 bits per heavy atom. The van der Waals surface area contributed by atoms with Crippen LogP contribution >= 0.6 is 23.6 Å². The van der Waals surface area contributed by atoms with Crippen LogP contribution in [0.2, 0.25) is 0 Å². The first-order valence-corrected chi connectivity index (χ1v) is 12.0. The van der Waals surface area contributed by atoms with E-state index in [0.717, 1.165) is 5.69 Å². The van der Waals surface area contributed by atoms with Crippen LogP contribution < -0.4 is 10.5 Å². The van der Waals surface area contributed by atoms with Gasteiger partial charge in [0, 0.05) is 17.8 Å². The highest BCUT2D eigenvalue weighted by Crippen LogP contribution is 2.34. The van der Waals surface area contributed by atoms with E-state index in [0.29, 0.717) is 37.5 Å². The Hall–Kier alpha value is -3.62. The van der Waals surface area contributed by atoms with Crippen LogP contribution in [0.4, 0.5) is 10.1 Å². The molecule has 5 aromatic rings. The van der Waals surface area contributed by atoms with E-state index in [1.165, 1.54) is 22.0 Å². The van der Waals surface area contributed by atoms with E-state index < -0.39 is 5.82 Å². The molecule has 0 bridgehead atoms. The standard InChI is InChI=1S/C26H20FN3O2S2/c1-2-28(17-10-4-3-5-11-17)22(31)16-29-24-23(18-12-6-8-14-20(18)27)34-26(33)30(24)21-15-9-7-13-19(21)25(29)32/h3-15H,2,16H2,1H3. The molecule has 0 saturated carbocycles. The van der Waals surface area contributed by atoms with Gasteiger partial charge in [-0.25, -0.2) is 4.39 Å². The minimum atomic E-state index is -0.417. The number of aromatic nitrogens is 2. The van der Waals surface area contributed by atoms with Crippen molar-refractivity contribution in [3.8, 4) is 10.4 Å². The van der Waals surface area contributed by atoms with Crippen LogP contribution in [-0.2, 0) is 11.3 Å². The molecule has 0 atom stereocenters. The van der Waals surface area contributed by atoms with Crippen LogP contribution in [0.25, 0.3) is 27.0 Å². The Kier molecular flexibility index (Phi) is 5.85. The molecular formula is C26H20FN3O2S2. The predicted molar refractivity (Wildman–Crippen MR) is 138 cm³/mol. The number of benzene rings is 3. The van der Waals surface area contributed by atoms with Gasteiger partial charge in [0.05, 0.1) is 15.8 Å². The van der Waals surface area contributed by atoms with Crippen LogP contribution in [0.1, 0.15) is 6.92 Å². The fourth-order valence-electron chi connectivity index (χ4n) is 4.21. The number of carbonyl (C=O) groups excluding carboxylic acids is 1. The Bertz CT molecular complexity index is 1650. The van der Waals surface area contributed by atoms with E-state index in [9.17, 15) is 14.0 Å². The molecule has 0 N–H and O–H groups in total. The normalized spacial score (nSPS) is 11.2. The van der Waals surface area contributed by atoms with Crippen LogP contribution in [0.5, 0.6) is 0 Å². The van der Waals surface area contributed by atoms with Crippen molar-refractivity contribution in [2.45, 2.75) is 13.5 Å². The molecule has 0 saturated heterocycles. The minimum absolute atomic E-state index is 0.205. The van der Waals surface area contributed by atoms with Crippen molar-refractivity contribution in [3.05, 3.63) is 99.0 Å². The summed E-state index contributed by atoms with van der Waals surface area (Å²) in [5, 5.41) is 0.444. The number of anilines is 1. The van der Waals surface area contributed by atoms with Crippen molar-refractivity contribution in [1.29, 1.82) is 0 Å². The third kappa shape index (κ3) is 3.65. The van der Waals surface area contributed by atoms with Gasteiger partial charge in [-0.3, -0.25) is 18.6 Å². The quantitative estimate of drug-likeness (QED) is 0.289. The number of para-hydroxylation sites is 2. The SMILES string of the molecule is CCN(C(=O)Cn1c(=O)c2ccccc2n2c(=S)sc(-c3ccccc3F)c12)c1ccccc1. The van der Waals surface area contributed by atoms with Crippen molar-refractivity contribution in [2.24, 2.45) is 0 Å². The molecule has 5 nitrogen and oxygen atoms in total. The lowest BCUT2D eigenvalue weighted by Crippen LogP contribution is -2.37. The number of halogens is 1. The number of rotatable bonds is 5. The number of nitrogens with zero attached hydrogens (tertiary/aromatic N) is 3. The zero-order valence-electron chi connectivity index (χ0n) is 18.3. The molecule has 0 fully saturated rings. The Morgan fingerprint density at radius 3 is 2.41 bits per heavy atom. The van der Waals surface area contributed by atoms with E-state index in [-0.39, 0.29) is 18.0 Å². The summed E-state index contributed by atoms with van der Waals surface area (Å²) in [6.45, 7) is 2.12. The van der Waals surface area contributed by atoms with Crippen molar-refractivity contribution < 1.29 is 9.18 Å². The van der Waals surface area contributed by atoms with E-state index in [2.05, 4.69) is 0 Å². The molecule has 34 heavy (non-hydrogen) atoms. The molecule has 3 aromatic carbocycles. The summed E-state index contributed by atoms with van der Waals surface area (Å²) >= 11 is 6.88. The highest BCUT2D eigenvalue weighted by atomic mass is 32.1. The molecule has 0 aliphatic rings. The number of fused-ring (bicyclic) bond motifs is 3. The fourth-order valence-corrected chi connectivity index (χ4v) is 5.67. The number of hydrogen-bond acceptors (Lipinski definition) is 4. The molecule has 0 spiro atoms. The molecule has 0 radical (unpaired) electrons. The summed E-state index contributed by atoms with van der Waals surface area (Å²) in [7, 11) is 0. The molecule has 5 rings (SSSR count). The van der Waals surface area contributed by atoms with Crippen molar-refractivity contribution >= 4 is 51.7 Å². The number of hydrogen-bond donors (Lipinski definition) is 0. The largest absolute Gasteiger partial charge is 0.311 e. The minimum Gasteiger partial charge on any atom is -0.311 e. The lowest BCUT2D eigenvalue weighted by atomic mass is 10.1. The zero-order chi connectivity index (χ0) is 23.8. The van der Waals surface area contributed by atoms with E-state index in [4.69, 9.17) is 12.2 Å². The smallest absolute Gasteiger partial charge is 0.262 e. The molecule has 0 aliphatic heterocycles. The van der Waals surface area contributed by atoms with Gasteiger partial charge in [0.15, 0.2) is 3.95 Å². The van der Waals surface area contributed by atoms with Gasteiger partial charge in [-0.1, -0.05) is 48.5 Å². The lowest BCUT2D eigenvalue weighted by molar-refractivity contribution is -0.119. The Balaban J connectivity index is 1.79. The first-order chi connectivity index (χ1) is 16.5. The molecular weight excluding hydrogens is 469 g/mol. The third-order valence-electron chi connectivity index (χ3n) is 5.76. The second-order valence-corrected chi connectivity index (χ2v) is 9.36. The van der Waals surface area contributed by atoms with Crippen LogP contribution in [-0.4, -0.2) is 21.4 Å². The maximum absolute atomic E-state index is 14.8. The summed E-state index contributed by atoms with van der Waals surface area (Å²) in [6.07, 6.45) is 0. The van der Waals surface area contributed by atoms with E-state index >= 15 is 0 Å². The molecule has 2 aromatic heterocycles. The van der Waals surface area contributed by atoms with Gasteiger partial charge in [0.2, 0.25) is 5.91 Å². The number of amides is 1. The number of likely N-dealkylation sites (N-methyl/N-ethyl adjacent to an activating group) is 1. The first-order valence-electron chi connectivity index (χ1n) is 10.8. The second kappa shape index (κ2) is 8.96. The topological polar surface area (TPSA) is 46.7 Å². The number of thiazole rings is 1. The molecule has 8 heteroatoms. The molecule has 170 valence electrons. The lowest BCUT2D eigenvalue weighted by Gasteiger charge is -2.22. The number of carbonyl (C=O) groups is 1. The van der Waals surface area contributed by atoms with Crippen LogP contribution in [0.3, 0.4) is 0 Å². The van der Waals surface area contributed by atoms with E-state index in [1.54, 1.807) is 39.6 Å². The van der Waals surface area contributed by atoms with Crippen molar-refractivity contribution in [3.63, 3.8) is 0 Å². The molecule has 1 amide bonds. The highest BCUT2D eigenvalue weighted by molar-refractivity contribution is 7.73. The predicted octanol–water partition coefficient (Wildman–Crippen LogP) is 5.90. The molecule has 2 heterocycles. The Labute approximate surface area is 203 Å². The maximum atomic E-state index is 14.8. The van der Waals surface area contributed by atoms with Gasteiger partial charge >= 0.3 is 0 Å². The maximum Gasteiger partial charge on any atom is 0.262 e. The zero-order valence-corrected chi connectivity index (χ0v) is 19.9. The summed E-state index contributed by atoms with van der Waals surface area (Å²) < 4.78 is 18.5. The van der Waals surface area contributed by atoms with Gasteiger partial charge < -0.3 is 4.90 Å². The third-order valence-corrected chi connectivity index (χ3v) is 7.16. The van der Waals surface area contributed by atoms with Crippen molar-refractivity contribution in [2.75, 3.05) is 11.4 Å². The van der Waals surface area contributed by atoms with Gasteiger partial charge in [-0.15, -0.1) is 11.3 Å². The average Bonchev–Trinajstić information content (AvgIpc) is 3.20. The van der Waals surface area contributed by atoms with E-state index in [1.807, 2.05) is 49.4 Å². The first kappa shape index (κ1) is 22.2. The summed E-state index contributed by atoms with van der Waals surface area (Å²) in [5.74, 6) is -0.663. The molecule has 0 unspecified atom stereocenters. The Morgan fingerprint density at radius 1 is 1.00 bits per heavy atom. The summed E-state index contributed by atoms with van der Waals surface area (Å²) in [5.41, 5.74) is 1.81. The second-order valence-electron chi connectivity index (χ2n) is 7.72. The summed E-state index contributed by atoms with van der Waals surface area (Å²) in [6, 6.07) is 22.8. The monoisotopic (exact) mass is 489 g/mol. The van der Waals surface area contributed by atoms with Crippen molar-refractivity contribution in [1.82, 2.24) is 8.97 Å². The van der Waals surface area contributed by atoms with Crippen LogP contribution in [0, 0.1) is 9.77 Å². The fraction of sp³-hybridized carbons (Fsp3) is 0.115. The van der Waals surface area contributed by atoms with Gasteiger partial charge in [0.1, 0.15) is 18.0 Å². The van der Waals surface area contributed by atoms with Gasteiger partial charge in [-0.2, -0.15) is 0 Å². The summed E-state index contributed by atoms with van der Waals surface area (Å²) in [4.78, 5) is 29.3. The average molecular weight is 490 g/mol. The highest BCUT2D eigenvalue weighted by Gasteiger charge is 2.23. The van der Waals surface area contributed by atoms with Gasteiger partial charge in [-0.05, 0) is 49.5 Å². The molecule has 0 aliphatic carbocycles.